The minimum atomic E-state index is -0.849. The van der Waals surface area contributed by atoms with Crippen molar-refractivity contribution in [3.63, 3.8) is 0 Å². The molecular weight excluding hydrogens is 246 g/mol. The molecule has 0 saturated carbocycles. The summed E-state index contributed by atoms with van der Waals surface area (Å²) >= 11 is 0. The van der Waals surface area contributed by atoms with Crippen LogP contribution in [-0.2, 0) is 9.59 Å². The summed E-state index contributed by atoms with van der Waals surface area (Å²) in [5, 5.41) is 9.24. The van der Waals surface area contributed by atoms with E-state index < -0.39 is 11.9 Å². The van der Waals surface area contributed by atoms with E-state index in [4.69, 9.17) is 4.84 Å². The van der Waals surface area contributed by atoms with Gasteiger partial charge in [-0.05, 0) is 37.5 Å². The summed E-state index contributed by atoms with van der Waals surface area (Å²) in [7, 11) is 0. The highest BCUT2D eigenvalue weighted by molar-refractivity contribution is 5.85. The summed E-state index contributed by atoms with van der Waals surface area (Å²) in [4.78, 5) is 28.0. The van der Waals surface area contributed by atoms with Crippen molar-refractivity contribution in [2.45, 2.75) is 39.0 Å². The first-order valence-corrected chi connectivity index (χ1v) is 6.29. The first-order valence-electron chi connectivity index (χ1n) is 6.29. The number of rotatable bonds is 3. The fraction of sp³-hybridized carbons (Fsp3) is 0.429. The number of amides is 1. The van der Waals surface area contributed by atoms with Crippen molar-refractivity contribution in [3.8, 4) is 5.75 Å². The Bertz CT molecular complexity index is 538. The molecule has 2 rings (SSSR count). The highest BCUT2D eigenvalue weighted by Gasteiger charge is 2.28. The molecule has 1 heterocycles. The van der Waals surface area contributed by atoms with Gasteiger partial charge >= 0.3 is 5.97 Å². The molecule has 1 aromatic rings. The van der Waals surface area contributed by atoms with E-state index in [9.17, 15) is 14.7 Å². The Morgan fingerprint density at radius 3 is 2.79 bits per heavy atom. The second kappa shape index (κ2) is 4.91. The standard InChI is InChI=1S/C14H17NO4/c1-4-9(14(17)18)10-6-12-11(5-7(10)2)8(3)13(16)15-19-12/h5-6,8-9H,4H2,1-3H3,(H,15,16)(H,17,18). The minimum Gasteiger partial charge on any atom is -0.481 e. The van der Waals surface area contributed by atoms with Crippen LogP contribution in [0.1, 0.15) is 48.8 Å². The zero-order valence-corrected chi connectivity index (χ0v) is 11.2. The molecule has 0 aliphatic carbocycles. The molecule has 2 atom stereocenters. The van der Waals surface area contributed by atoms with E-state index in [1.54, 1.807) is 13.0 Å². The molecule has 2 N–H and O–H groups in total. The first kappa shape index (κ1) is 13.4. The van der Waals surface area contributed by atoms with Crippen molar-refractivity contribution >= 4 is 11.9 Å². The summed E-state index contributed by atoms with van der Waals surface area (Å²) in [6.07, 6.45) is 0.511. The second-order valence-electron chi connectivity index (χ2n) is 4.84. The van der Waals surface area contributed by atoms with Gasteiger partial charge in [0.1, 0.15) is 0 Å². The van der Waals surface area contributed by atoms with Gasteiger partial charge in [0.15, 0.2) is 5.75 Å². The monoisotopic (exact) mass is 263 g/mol. The Morgan fingerprint density at radius 2 is 2.21 bits per heavy atom. The number of carbonyl (C=O) groups is 2. The first-order chi connectivity index (χ1) is 8.95. The van der Waals surface area contributed by atoms with E-state index in [-0.39, 0.29) is 11.8 Å². The number of fused-ring (bicyclic) bond motifs is 1. The van der Waals surface area contributed by atoms with Crippen LogP contribution in [0.2, 0.25) is 0 Å². The predicted molar refractivity (Wildman–Crippen MR) is 69.0 cm³/mol. The molecule has 5 nitrogen and oxygen atoms in total. The summed E-state index contributed by atoms with van der Waals surface area (Å²) < 4.78 is 0. The fourth-order valence-corrected chi connectivity index (χ4v) is 2.39. The molecule has 1 aliphatic heterocycles. The van der Waals surface area contributed by atoms with E-state index in [1.165, 1.54) is 0 Å². The van der Waals surface area contributed by atoms with Gasteiger partial charge < -0.3 is 9.94 Å². The molecule has 1 aliphatic rings. The van der Waals surface area contributed by atoms with Gasteiger partial charge in [-0.2, -0.15) is 5.48 Å². The molecular formula is C14H17NO4. The van der Waals surface area contributed by atoms with Crippen LogP contribution in [0.25, 0.3) is 0 Å². The summed E-state index contributed by atoms with van der Waals surface area (Å²) in [5.41, 5.74) is 4.74. The Morgan fingerprint density at radius 1 is 1.53 bits per heavy atom. The van der Waals surface area contributed by atoms with E-state index in [0.717, 1.165) is 16.7 Å². The third-order valence-corrected chi connectivity index (χ3v) is 3.60. The van der Waals surface area contributed by atoms with Crippen molar-refractivity contribution in [3.05, 3.63) is 28.8 Å². The minimum absolute atomic E-state index is 0.190. The quantitative estimate of drug-likeness (QED) is 0.875. The zero-order valence-electron chi connectivity index (χ0n) is 11.2. The van der Waals surface area contributed by atoms with Crippen LogP contribution in [0.4, 0.5) is 0 Å². The molecule has 1 aromatic carbocycles. The van der Waals surface area contributed by atoms with Gasteiger partial charge in [0.25, 0.3) is 5.91 Å². The maximum Gasteiger partial charge on any atom is 0.310 e. The maximum atomic E-state index is 11.5. The van der Waals surface area contributed by atoms with E-state index in [1.807, 2.05) is 19.9 Å². The molecule has 0 saturated heterocycles. The van der Waals surface area contributed by atoms with E-state index >= 15 is 0 Å². The van der Waals surface area contributed by atoms with Crippen molar-refractivity contribution in [1.82, 2.24) is 5.48 Å². The number of carboxylic acids is 1. The number of nitrogens with one attached hydrogen (secondary N) is 1. The van der Waals surface area contributed by atoms with Crippen LogP contribution in [0.5, 0.6) is 5.75 Å². The topological polar surface area (TPSA) is 75.6 Å². The summed E-state index contributed by atoms with van der Waals surface area (Å²) in [6, 6.07) is 3.57. The Labute approximate surface area is 111 Å². The fourth-order valence-electron chi connectivity index (χ4n) is 2.39. The Kier molecular flexibility index (Phi) is 3.46. The van der Waals surface area contributed by atoms with Gasteiger partial charge in [-0.15, -0.1) is 0 Å². The van der Waals surface area contributed by atoms with E-state index in [0.29, 0.717) is 12.2 Å². The van der Waals surface area contributed by atoms with Gasteiger partial charge in [-0.1, -0.05) is 13.0 Å². The third kappa shape index (κ3) is 2.28. The second-order valence-corrected chi connectivity index (χ2v) is 4.84. The van der Waals surface area contributed by atoms with Gasteiger partial charge in [0.05, 0.1) is 11.8 Å². The van der Waals surface area contributed by atoms with Gasteiger partial charge in [-0.3, -0.25) is 9.59 Å². The Hall–Kier alpha value is -2.04. The molecule has 5 heteroatoms. The number of carboxylic acid groups (broad SMARTS) is 1. The predicted octanol–water partition coefficient (Wildman–Crippen LogP) is 2.10. The number of benzene rings is 1. The van der Waals surface area contributed by atoms with Crippen molar-refractivity contribution < 1.29 is 19.5 Å². The van der Waals surface area contributed by atoms with Crippen LogP contribution in [-0.4, -0.2) is 17.0 Å². The molecule has 0 radical (unpaired) electrons. The third-order valence-electron chi connectivity index (χ3n) is 3.60. The normalized spacial score (nSPS) is 19.1. The molecule has 0 spiro atoms. The molecule has 1 amide bonds. The summed E-state index contributed by atoms with van der Waals surface area (Å²) in [5.74, 6) is -1.35. The lowest BCUT2D eigenvalue weighted by Gasteiger charge is -2.25. The lowest BCUT2D eigenvalue weighted by Crippen LogP contribution is -2.36. The molecule has 19 heavy (non-hydrogen) atoms. The number of carbonyl (C=O) groups excluding carboxylic acids is 1. The maximum absolute atomic E-state index is 11.5. The highest BCUT2D eigenvalue weighted by Crippen LogP contribution is 2.35. The zero-order chi connectivity index (χ0) is 14.2. The lowest BCUT2D eigenvalue weighted by atomic mass is 9.88. The van der Waals surface area contributed by atoms with Crippen LogP contribution in [0.3, 0.4) is 0 Å². The lowest BCUT2D eigenvalue weighted by molar-refractivity contribution is -0.139. The van der Waals surface area contributed by atoms with Gasteiger partial charge in [0.2, 0.25) is 0 Å². The van der Waals surface area contributed by atoms with Crippen LogP contribution in [0.15, 0.2) is 12.1 Å². The van der Waals surface area contributed by atoms with Crippen molar-refractivity contribution in [2.24, 2.45) is 0 Å². The molecule has 102 valence electrons. The average Bonchev–Trinajstić information content (AvgIpc) is 2.36. The molecule has 0 aromatic heterocycles. The Balaban J connectivity index is 2.50. The number of hydrogen-bond donors (Lipinski definition) is 2. The van der Waals surface area contributed by atoms with Crippen LogP contribution < -0.4 is 10.3 Å². The number of aliphatic carboxylic acids is 1. The highest BCUT2D eigenvalue weighted by atomic mass is 16.7. The smallest absolute Gasteiger partial charge is 0.310 e. The van der Waals surface area contributed by atoms with Crippen molar-refractivity contribution in [2.75, 3.05) is 0 Å². The SMILES string of the molecule is CCC(C(=O)O)c1cc2c(cc1C)C(C)C(=O)NO2. The summed E-state index contributed by atoms with van der Waals surface area (Å²) in [6.45, 7) is 5.49. The average molecular weight is 263 g/mol. The molecule has 0 fully saturated rings. The largest absolute Gasteiger partial charge is 0.481 e. The van der Waals surface area contributed by atoms with Crippen molar-refractivity contribution in [1.29, 1.82) is 0 Å². The van der Waals surface area contributed by atoms with Crippen LogP contribution in [0, 0.1) is 6.92 Å². The van der Waals surface area contributed by atoms with Gasteiger partial charge in [-0.25, -0.2) is 0 Å². The number of hydroxylamine groups is 1. The molecule has 0 bridgehead atoms. The van der Waals surface area contributed by atoms with Gasteiger partial charge in [0, 0.05) is 5.56 Å². The number of hydrogen-bond acceptors (Lipinski definition) is 3. The molecule has 2 unspecified atom stereocenters. The van der Waals surface area contributed by atoms with Crippen LogP contribution >= 0.6 is 0 Å². The number of aryl methyl sites for hydroxylation is 1. The van der Waals surface area contributed by atoms with E-state index in [2.05, 4.69) is 5.48 Å².